The molecule has 2 heterocycles. The van der Waals surface area contributed by atoms with E-state index in [0.717, 1.165) is 4.74 Å². The molecule has 0 N–H and O–H groups in total. The minimum absolute atomic E-state index is 0.0927. The molecule has 21 heavy (non-hydrogen) atoms. The number of hydrogen-bond donors (Lipinski definition) is 0. The smallest absolute Gasteiger partial charge is 0.309 e. The van der Waals surface area contributed by atoms with Gasteiger partial charge in [0, 0.05) is 6.07 Å². The van der Waals surface area contributed by atoms with Crippen LogP contribution in [-0.2, 0) is 9.53 Å². The molecule has 0 saturated carbocycles. The fourth-order valence-corrected chi connectivity index (χ4v) is 2.46. The number of nitrogens with zero attached hydrogens (tertiary/aromatic N) is 2. The van der Waals surface area contributed by atoms with Crippen LogP contribution in [0.2, 0.25) is 0 Å². The number of piperidine rings is 1. The van der Waals surface area contributed by atoms with Crippen LogP contribution < -0.4 is 5.56 Å². The van der Waals surface area contributed by atoms with Gasteiger partial charge in [0.15, 0.2) is 0 Å². The molecule has 1 fully saturated rings. The number of rotatable bonds is 4. The molecule has 0 atom stereocenters. The summed E-state index contributed by atoms with van der Waals surface area (Å²) in [6.45, 7) is 5.17. The van der Waals surface area contributed by atoms with Gasteiger partial charge < -0.3 is 9.26 Å². The molecule has 116 valence electrons. The lowest BCUT2D eigenvalue weighted by Gasteiger charge is -2.29. The lowest BCUT2D eigenvalue weighted by Crippen LogP contribution is -2.41. The number of esters is 1. The highest BCUT2D eigenvalue weighted by Gasteiger charge is 2.27. The van der Waals surface area contributed by atoms with Crippen LogP contribution in [0.4, 0.5) is 0 Å². The molecule has 7 heteroatoms. The van der Waals surface area contributed by atoms with E-state index in [1.165, 1.54) is 6.07 Å². The maximum atomic E-state index is 12.0. The molecule has 0 spiro atoms. The summed E-state index contributed by atoms with van der Waals surface area (Å²) in [5.41, 5.74) is -0.445. The van der Waals surface area contributed by atoms with Crippen molar-refractivity contribution < 1.29 is 18.8 Å². The minimum Gasteiger partial charge on any atom is -0.466 e. The maximum Gasteiger partial charge on any atom is 0.309 e. The van der Waals surface area contributed by atoms with E-state index in [1.807, 2.05) is 4.90 Å². The number of likely N-dealkylation sites (tertiary alicyclic amines) is 1. The molecule has 2 rings (SSSR count). The monoisotopic (exact) mass is 296 g/mol. The number of ether oxygens (including phenoxy) is 1. The van der Waals surface area contributed by atoms with Gasteiger partial charge in [-0.3, -0.25) is 19.3 Å². The average molecular weight is 296 g/mol. The first-order valence-corrected chi connectivity index (χ1v) is 7.13. The number of carbonyl (C=O) groups excluding carboxylic acids is 2. The van der Waals surface area contributed by atoms with E-state index in [2.05, 4.69) is 0 Å². The van der Waals surface area contributed by atoms with Crippen LogP contribution in [0.3, 0.4) is 0 Å². The van der Waals surface area contributed by atoms with Crippen molar-refractivity contribution in [1.82, 2.24) is 9.64 Å². The number of aryl methyl sites for hydroxylation is 1. The molecule has 1 saturated heterocycles. The molecule has 0 aromatic carbocycles. The van der Waals surface area contributed by atoms with Crippen molar-refractivity contribution in [3.8, 4) is 0 Å². The zero-order chi connectivity index (χ0) is 15.4. The van der Waals surface area contributed by atoms with Crippen molar-refractivity contribution in [3.63, 3.8) is 0 Å². The van der Waals surface area contributed by atoms with Gasteiger partial charge in [-0.1, -0.05) is 0 Å². The zero-order valence-corrected chi connectivity index (χ0v) is 12.3. The molecule has 0 unspecified atom stereocenters. The molecule has 0 amide bonds. The highest BCUT2D eigenvalue weighted by molar-refractivity contribution is 5.79. The van der Waals surface area contributed by atoms with Gasteiger partial charge in [-0.25, -0.2) is 0 Å². The molecular formula is C14H20N2O5. The summed E-state index contributed by atoms with van der Waals surface area (Å²) in [6, 6.07) is 1.28. The SMILES string of the molecule is CCOC(=O)C1CCN(CC(=O)n2oc(C)cc2=O)CC1. The van der Waals surface area contributed by atoms with E-state index < -0.39 is 5.56 Å². The van der Waals surface area contributed by atoms with Gasteiger partial charge >= 0.3 is 5.97 Å². The third-order valence-electron chi connectivity index (χ3n) is 3.56. The quantitative estimate of drug-likeness (QED) is 0.759. The molecule has 0 aliphatic carbocycles. The first kappa shape index (κ1) is 15.5. The Balaban J connectivity index is 1.86. The Morgan fingerprint density at radius 3 is 2.57 bits per heavy atom. The van der Waals surface area contributed by atoms with Crippen LogP contribution in [0, 0.1) is 12.8 Å². The van der Waals surface area contributed by atoms with Crippen molar-refractivity contribution in [1.29, 1.82) is 0 Å². The lowest BCUT2D eigenvalue weighted by atomic mass is 9.97. The Kier molecular flexibility index (Phi) is 4.95. The Labute approximate surface area is 122 Å². The summed E-state index contributed by atoms with van der Waals surface area (Å²) in [6.07, 6.45) is 1.33. The van der Waals surface area contributed by atoms with Gasteiger partial charge in [-0.2, -0.15) is 0 Å². The van der Waals surface area contributed by atoms with Crippen LogP contribution in [0.25, 0.3) is 0 Å². The minimum atomic E-state index is -0.445. The Morgan fingerprint density at radius 1 is 1.38 bits per heavy atom. The third kappa shape index (κ3) is 3.81. The van der Waals surface area contributed by atoms with Crippen LogP contribution >= 0.6 is 0 Å². The first-order valence-electron chi connectivity index (χ1n) is 7.13. The van der Waals surface area contributed by atoms with Gasteiger partial charge in [-0.05, 0) is 39.8 Å². The van der Waals surface area contributed by atoms with Gasteiger partial charge in [-0.15, -0.1) is 4.74 Å². The van der Waals surface area contributed by atoms with Crippen molar-refractivity contribution in [3.05, 3.63) is 22.2 Å². The highest BCUT2D eigenvalue weighted by Crippen LogP contribution is 2.18. The van der Waals surface area contributed by atoms with Crippen molar-refractivity contribution in [2.24, 2.45) is 5.92 Å². The number of aromatic nitrogens is 1. The van der Waals surface area contributed by atoms with Crippen molar-refractivity contribution in [2.75, 3.05) is 26.2 Å². The second-order valence-electron chi connectivity index (χ2n) is 5.18. The number of hydrogen-bond acceptors (Lipinski definition) is 6. The number of carbonyl (C=O) groups is 2. The highest BCUT2D eigenvalue weighted by atomic mass is 16.5. The van der Waals surface area contributed by atoms with Gasteiger partial charge in [0.25, 0.3) is 11.5 Å². The fraction of sp³-hybridized carbons (Fsp3) is 0.643. The molecule has 1 aromatic heterocycles. The van der Waals surface area contributed by atoms with Crippen LogP contribution in [0.5, 0.6) is 0 Å². The maximum absolute atomic E-state index is 12.0. The topological polar surface area (TPSA) is 81.8 Å². The second kappa shape index (κ2) is 6.71. The molecular weight excluding hydrogens is 276 g/mol. The fourth-order valence-electron chi connectivity index (χ4n) is 2.46. The van der Waals surface area contributed by atoms with Crippen molar-refractivity contribution >= 4 is 11.9 Å². The van der Waals surface area contributed by atoms with E-state index in [9.17, 15) is 14.4 Å². The van der Waals surface area contributed by atoms with E-state index in [-0.39, 0.29) is 24.3 Å². The van der Waals surface area contributed by atoms with Crippen LogP contribution in [0.15, 0.2) is 15.4 Å². The molecule has 1 aromatic rings. The predicted molar refractivity (Wildman–Crippen MR) is 74.1 cm³/mol. The summed E-state index contributed by atoms with van der Waals surface area (Å²) in [4.78, 5) is 37.1. The predicted octanol–water partition coefficient (Wildman–Crippen LogP) is 0.665. The van der Waals surface area contributed by atoms with Crippen molar-refractivity contribution in [2.45, 2.75) is 26.7 Å². The molecule has 0 radical (unpaired) electrons. The summed E-state index contributed by atoms with van der Waals surface area (Å²) in [5.74, 6) is -0.233. The average Bonchev–Trinajstić information content (AvgIpc) is 2.79. The standard InChI is InChI=1S/C14H20N2O5/c1-3-20-14(19)11-4-6-15(7-5-11)9-13(18)16-12(17)8-10(2)21-16/h8,11H,3-7,9H2,1-2H3. The van der Waals surface area contributed by atoms with Crippen LogP contribution in [0.1, 0.15) is 30.3 Å². The van der Waals surface area contributed by atoms with E-state index >= 15 is 0 Å². The Morgan fingerprint density at radius 2 is 2.05 bits per heavy atom. The Bertz CT molecular complexity index is 566. The first-order chi connectivity index (χ1) is 10.0. The van der Waals surface area contributed by atoms with Crippen LogP contribution in [-0.4, -0.2) is 47.8 Å². The van der Waals surface area contributed by atoms with Gasteiger partial charge in [0.2, 0.25) is 0 Å². The zero-order valence-electron chi connectivity index (χ0n) is 12.3. The van der Waals surface area contributed by atoms with Gasteiger partial charge in [0.1, 0.15) is 5.76 Å². The summed E-state index contributed by atoms with van der Waals surface area (Å²) in [5, 5.41) is 0. The molecule has 0 bridgehead atoms. The molecule has 7 nitrogen and oxygen atoms in total. The normalized spacial score (nSPS) is 16.9. The molecule has 1 aliphatic heterocycles. The molecule has 1 aliphatic rings. The summed E-state index contributed by atoms with van der Waals surface area (Å²) >= 11 is 0. The third-order valence-corrected chi connectivity index (χ3v) is 3.56. The summed E-state index contributed by atoms with van der Waals surface area (Å²) < 4.78 is 10.8. The summed E-state index contributed by atoms with van der Waals surface area (Å²) in [7, 11) is 0. The van der Waals surface area contributed by atoms with E-state index in [0.29, 0.717) is 38.3 Å². The largest absolute Gasteiger partial charge is 0.466 e. The Hall–Kier alpha value is -1.89. The van der Waals surface area contributed by atoms with E-state index in [1.54, 1.807) is 13.8 Å². The second-order valence-corrected chi connectivity index (χ2v) is 5.18. The van der Waals surface area contributed by atoms with Gasteiger partial charge in [0.05, 0.1) is 19.1 Å². The lowest BCUT2D eigenvalue weighted by molar-refractivity contribution is -0.149. The van der Waals surface area contributed by atoms with E-state index in [4.69, 9.17) is 9.26 Å².